The van der Waals surface area contributed by atoms with E-state index < -0.39 is 0 Å². The van der Waals surface area contributed by atoms with Crippen LogP contribution in [0.15, 0.2) is 0 Å². The molecule has 2 N–H and O–H groups in total. The minimum atomic E-state index is -0.210. The van der Waals surface area contributed by atoms with Gasteiger partial charge in [-0.25, -0.2) is 0 Å². The van der Waals surface area contributed by atoms with Gasteiger partial charge in [0.2, 0.25) is 5.91 Å². The Hall–Kier alpha value is -0.280. The molecular weight excluding hydrogens is 236 g/mol. The van der Waals surface area contributed by atoms with Crippen molar-refractivity contribution in [3.8, 4) is 0 Å². The number of rotatable bonds is 5. The van der Waals surface area contributed by atoms with E-state index >= 15 is 0 Å². The molecule has 0 saturated heterocycles. The van der Waals surface area contributed by atoms with Crippen molar-refractivity contribution in [2.75, 3.05) is 20.1 Å². The molecule has 2 fully saturated rings. The molecule has 2 rings (SSSR count). The van der Waals surface area contributed by atoms with E-state index in [0.717, 1.165) is 25.3 Å². The van der Waals surface area contributed by atoms with Gasteiger partial charge in [0, 0.05) is 20.1 Å². The van der Waals surface area contributed by atoms with Crippen LogP contribution in [0.3, 0.4) is 0 Å². The van der Waals surface area contributed by atoms with Gasteiger partial charge < -0.3 is 10.6 Å². The van der Waals surface area contributed by atoms with Crippen molar-refractivity contribution >= 4 is 18.3 Å². The highest BCUT2D eigenvalue weighted by Crippen LogP contribution is 2.39. The van der Waals surface area contributed by atoms with Gasteiger partial charge in [-0.15, -0.1) is 12.4 Å². The third-order valence-corrected chi connectivity index (χ3v) is 4.32. The van der Waals surface area contributed by atoms with E-state index in [-0.39, 0.29) is 17.8 Å². The van der Waals surface area contributed by atoms with E-state index in [1.807, 2.05) is 11.9 Å². The minimum absolute atomic E-state index is 0. The normalized spacial score (nSPS) is 22.0. The van der Waals surface area contributed by atoms with Crippen LogP contribution in [0.4, 0.5) is 0 Å². The van der Waals surface area contributed by atoms with Crippen LogP contribution >= 0.6 is 12.4 Å². The van der Waals surface area contributed by atoms with Gasteiger partial charge >= 0.3 is 0 Å². The molecule has 0 heterocycles. The SMILES string of the molecule is CN(CCC1CC1)C(=O)C1(CN)CCCC1.Cl. The van der Waals surface area contributed by atoms with Gasteiger partial charge in [-0.1, -0.05) is 25.7 Å². The number of nitrogens with zero attached hydrogens (tertiary/aromatic N) is 1. The summed E-state index contributed by atoms with van der Waals surface area (Å²) in [5.74, 6) is 1.20. The van der Waals surface area contributed by atoms with Gasteiger partial charge in [-0.05, 0) is 25.2 Å². The summed E-state index contributed by atoms with van der Waals surface area (Å²) in [6.07, 6.45) is 8.24. The monoisotopic (exact) mass is 260 g/mol. The number of hydrogen-bond donors (Lipinski definition) is 1. The summed E-state index contributed by atoms with van der Waals surface area (Å²) in [6, 6.07) is 0. The zero-order valence-electron chi connectivity index (χ0n) is 10.8. The fourth-order valence-corrected chi connectivity index (χ4v) is 2.85. The molecule has 3 nitrogen and oxygen atoms in total. The van der Waals surface area contributed by atoms with Crippen molar-refractivity contribution in [2.24, 2.45) is 17.1 Å². The predicted molar refractivity (Wildman–Crippen MR) is 72.2 cm³/mol. The third-order valence-electron chi connectivity index (χ3n) is 4.32. The molecule has 0 radical (unpaired) electrons. The van der Waals surface area contributed by atoms with Gasteiger partial charge in [0.25, 0.3) is 0 Å². The first-order chi connectivity index (χ1) is 7.68. The maximum atomic E-state index is 12.4. The standard InChI is InChI=1S/C13H24N2O.ClH/c1-15(9-6-11-4-5-11)12(16)13(10-14)7-2-3-8-13;/h11H,2-10,14H2,1H3;1H. The number of carbonyl (C=O) groups excluding carboxylic acids is 1. The molecule has 2 aliphatic carbocycles. The van der Waals surface area contributed by atoms with Gasteiger partial charge in [-0.3, -0.25) is 4.79 Å². The Labute approximate surface area is 111 Å². The number of nitrogens with two attached hydrogens (primary N) is 1. The van der Waals surface area contributed by atoms with E-state index in [1.165, 1.54) is 32.1 Å². The Bertz CT molecular complexity index is 260. The molecule has 0 spiro atoms. The minimum Gasteiger partial charge on any atom is -0.345 e. The fourth-order valence-electron chi connectivity index (χ4n) is 2.85. The summed E-state index contributed by atoms with van der Waals surface area (Å²) in [4.78, 5) is 14.3. The number of amides is 1. The summed E-state index contributed by atoms with van der Waals surface area (Å²) in [5, 5.41) is 0. The van der Waals surface area contributed by atoms with Crippen molar-refractivity contribution in [1.29, 1.82) is 0 Å². The molecule has 2 aliphatic rings. The van der Waals surface area contributed by atoms with Crippen LogP contribution in [0.2, 0.25) is 0 Å². The van der Waals surface area contributed by atoms with Crippen LogP contribution < -0.4 is 5.73 Å². The van der Waals surface area contributed by atoms with Crippen LogP contribution in [-0.2, 0) is 4.79 Å². The van der Waals surface area contributed by atoms with E-state index in [0.29, 0.717) is 12.5 Å². The number of hydrogen-bond acceptors (Lipinski definition) is 2. The zero-order valence-corrected chi connectivity index (χ0v) is 11.6. The molecule has 0 atom stereocenters. The molecule has 100 valence electrons. The Balaban J connectivity index is 0.00000144. The maximum Gasteiger partial charge on any atom is 0.229 e. The second kappa shape index (κ2) is 6.05. The first kappa shape index (κ1) is 14.8. The molecule has 0 aliphatic heterocycles. The quantitative estimate of drug-likeness (QED) is 0.824. The lowest BCUT2D eigenvalue weighted by Gasteiger charge is -2.31. The van der Waals surface area contributed by atoms with Crippen LogP contribution in [0, 0.1) is 11.3 Å². The molecular formula is C13H25ClN2O. The fraction of sp³-hybridized carbons (Fsp3) is 0.923. The van der Waals surface area contributed by atoms with Crippen molar-refractivity contribution in [3.05, 3.63) is 0 Å². The average Bonchev–Trinajstić information content (AvgIpc) is 3.01. The highest BCUT2D eigenvalue weighted by atomic mass is 35.5. The first-order valence-corrected chi connectivity index (χ1v) is 6.63. The number of halogens is 1. The van der Waals surface area contributed by atoms with Gasteiger partial charge in [0.15, 0.2) is 0 Å². The number of carbonyl (C=O) groups is 1. The predicted octanol–water partition coefficient (Wildman–Crippen LogP) is 2.19. The third kappa shape index (κ3) is 3.35. The lowest BCUT2D eigenvalue weighted by molar-refractivity contribution is -0.140. The van der Waals surface area contributed by atoms with Crippen molar-refractivity contribution < 1.29 is 4.79 Å². The van der Waals surface area contributed by atoms with E-state index in [1.54, 1.807) is 0 Å². The topological polar surface area (TPSA) is 46.3 Å². The van der Waals surface area contributed by atoms with Crippen molar-refractivity contribution in [2.45, 2.75) is 44.9 Å². The van der Waals surface area contributed by atoms with E-state index in [4.69, 9.17) is 5.73 Å². The molecule has 0 aromatic heterocycles. The Morgan fingerprint density at radius 3 is 2.41 bits per heavy atom. The van der Waals surface area contributed by atoms with Crippen molar-refractivity contribution in [3.63, 3.8) is 0 Å². The molecule has 1 amide bonds. The smallest absolute Gasteiger partial charge is 0.229 e. The molecule has 2 saturated carbocycles. The molecule has 0 aromatic rings. The lowest BCUT2D eigenvalue weighted by atomic mass is 9.84. The van der Waals surface area contributed by atoms with Gasteiger partial charge in [0.1, 0.15) is 0 Å². The van der Waals surface area contributed by atoms with Crippen LogP contribution in [0.1, 0.15) is 44.9 Å². The Morgan fingerprint density at radius 1 is 1.35 bits per heavy atom. The van der Waals surface area contributed by atoms with Crippen LogP contribution in [-0.4, -0.2) is 30.9 Å². The summed E-state index contributed by atoms with van der Waals surface area (Å²) in [7, 11) is 1.94. The maximum absolute atomic E-state index is 12.4. The average molecular weight is 261 g/mol. The molecule has 17 heavy (non-hydrogen) atoms. The largest absolute Gasteiger partial charge is 0.345 e. The second-order valence-electron chi connectivity index (χ2n) is 5.65. The highest BCUT2D eigenvalue weighted by molar-refractivity contribution is 5.85. The zero-order chi connectivity index (χ0) is 11.6. The molecule has 4 heteroatoms. The molecule has 0 bridgehead atoms. The lowest BCUT2D eigenvalue weighted by Crippen LogP contribution is -2.45. The second-order valence-corrected chi connectivity index (χ2v) is 5.65. The first-order valence-electron chi connectivity index (χ1n) is 6.63. The van der Waals surface area contributed by atoms with Crippen LogP contribution in [0.5, 0.6) is 0 Å². The summed E-state index contributed by atoms with van der Waals surface area (Å²) in [6.45, 7) is 1.45. The van der Waals surface area contributed by atoms with Gasteiger partial charge in [0.05, 0.1) is 5.41 Å². The van der Waals surface area contributed by atoms with E-state index in [9.17, 15) is 4.79 Å². The summed E-state index contributed by atoms with van der Waals surface area (Å²) >= 11 is 0. The highest BCUT2D eigenvalue weighted by Gasteiger charge is 2.41. The summed E-state index contributed by atoms with van der Waals surface area (Å²) < 4.78 is 0. The van der Waals surface area contributed by atoms with Gasteiger partial charge in [-0.2, -0.15) is 0 Å². The van der Waals surface area contributed by atoms with E-state index in [2.05, 4.69) is 0 Å². The molecule has 0 unspecified atom stereocenters. The molecule has 0 aromatic carbocycles. The van der Waals surface area contributed by atoms with Crippen molar-refractivity contribution in [1.82, 2.24) is 4.90 Å². The Kier molecular flexibility index (Phi) is 5.26. The van der Waals surface area contributed by atoms with Crippen LogP contribution in [0.25, 0.3) is 0 Å². The summed E-state index contributed by atoms with van der Waals surface area (Å²) in [5.41, 5.74) is 5.62. The Morgan fingerprint density at radius 2 is 1.94 bits per heavy atom.